The van der Waals surface area contributed by atoms with Crippen molar-refractivity contribution < 1.29 is 9.18 Å². The number of nitrogens with zero attached hydrogens (tertiary/aromatic N) is 1. The number of urea groups is 1. The Morgan fingerprint density at radius 3 is 2.73 bits per heavy atom. The van der Waals surface area contributed by atoms with E-state index in [-0.39, 0.29) is 12.6 Å². The van der Waals surface area contributed by atoms with Gasteiger partial charge in [-0.15, -0.1) is 0 Å². The fourth-order valence-electron chi connectivity index (χ4n) is 2.99. The highest BCUT2D eigenvalue weighted by Crippen LogP contribution is 2.21. The van der Waals surface area contributed by atoms with Crippen molar-refractivity contribution in [2.24, 2.45) is 0 Å². The van der Waals surface area contributed by atoms with Gasteiger partial charge in [0.25, 0.3) is 0 Å². The molecule has 1 aromatic carbocycles. The minimum Gasteiger partial charge on any atom is -0.338 e. The summed E-state index contributed by atoms with van der Waals surface area (Å²) >= 11 is 0. The first-order valence-electron chi connectivity index (χ1n) is 8.15. The van der Waals surface area contributed by atoms with Crippen LogP contribution in [0, 0.1) is 0 Å². The van der Waals surface area contributed by atoms with Crippen molar-refractivity contribution in [3.63, 3.8) is 0 Å². The predicted octanol–water partition coefficient (Wildman–Crippen LogP) is 2.70. The Morgan fingerprint density at radius 2 is 1.95 bits per heavy atom. The number of benzene rings is 1. The van der Waals surface area contributed by atoms with Crippen LogP contribution in [0.3, 0.4) is 0 Å². The van der Waals surface area contributed by atoms with E-state index in [1.807, 2.05) is 6.07 Å². The summed E-state index contributed by atoms with van der Waals surface area (Å²) < 4.78 is 12.0. The van der Waals surface area contributed by atoms with Crippen LogP contribution in [0.1, 0.15) is 31.2 Å². The largest absolute Gasteiger partial charge is 0.338 e. The van der Waals surface area contributed by atoms with Crippen LogP contribution in [0.25, 0.3) is 0 Å². The first-order valence-corrected chi connectivity index (χ1v) is 8.15. The van der Waals surface area contributed by atoms with Crippen LogP contribution >= 0.6 is 0 Å². The average Bonchev–Trinajstić information content (AvgIpc) is 2.55. The quantitative estimate of drug-likeness (QED) is 0.813. The van der Waals surface area contributed by atoms with Gasteiger partial charge in [0.05, 0.1) is 0 Å². The number of carbonyl (C=O) groups is 1. The second-order valence-electron chi connectivity index (χ2n) is 5.77. The molecule has 0 radical (unpaired) electrons. The molecule has 4 nitrogen and oxygen atoms in total. The van der Waals surface area contributed by atoms with Gasteiger partial charge >= 0.3 is 6.03 Å². The van der Waals surface area contributed by atoms with Crippen molar-refractivity contribution in [1.82, 2.24) is 15.5 Å². The Hall–Kier alpha value is -1.62. The summed E-state index contributed by atoms with van der Waals surface area (Å²) in [5.41, 5.74) is 1.34. The first-order chi connectivity index (χ1) is 10.8. The molecule has 122 valence electrons. The maximum atomic E-state index is 12.0. The van der Waals surface area contributed by atoms with Crippen LogP contribution in [-0.4, -0.2) is 43.3 Å². The molecule has 1 atom stereocenters. The Morgan fingerprint density at radius 1 is 1.18 bits per heavy atom. The fraction of sp³-hybridized carbons (Fsp3) is 0.588. The van der Waals surface area contributed by atoms with Gasteiger partial charge in [0.2, 0.25) is 0 Å². The van der Waals surface area contributed by atoms with Gasteiger partial charge in [-0.05, 0) is 31.4 Å². The highest BCUT2D eigenvalue weighted by molar-refractivity contribution is 5.73. The molecule has 0 spiro atoms. The molecule has 2 rings (SSSR count). The third-order valence-corrected chi connectivity index (χ3v) is 4.12. The van der Waals surface area contributed by atoms with Crippen LogP contribution in [0.4, 0.5) is 9.18 Å². The Balaban J connectivity index is 1.76. The van der Waals surface area contributed by atoms with E-state index in [1.165, 1.54) is 24.8 Å². The summed E-state index contributed by atoms with van der Waals surface area (Å²) in [4.78, 5) is 13.9. The molecule has 1 heterocycles. The van der Waals surface area contributed by atoms with Crippen molar-refractivity contribution in [1.29, 1.82) is 0 Å². The maximum absolute atomic E-state index is 12.0. The van der Waals surface area contributed by atoms with E-state index in [1.54, 1.807) is 0 Å². The molecule has 2 amide bonds. The molecule has 1 aliphatic rings. The smallest absolute Gasteiger partial charge is 0.314 e. The van der Waals surface area contributed by atoms with Gasteiger partial charge in [-0.25, -0.2) is 9.18 Å². The molecule has 0 aliphatic carbocycles. The summed E-state index contributed by atoms with van der Waals surface area (Å²) in [6.07, 6.45) is 4.62. The third kappa shape index (κ3) is 5.64. The Labute approximate surface area is 132 Å². The number of rotatable bonds is 7. The normalized spacial score (nSPS) is 18.9. The molecule has 1 saturated heterocycles. The van der Waals surface area contributed by atoms with E-state index in [2.05, 4.69) is 39.8 Å². The standard InChI is InChI=1S/C17H26FN3O/c18-10-12-20-17(22)19-11-9-16-8-4-5-13-21(16)14-15-6-2-1-3-7-15/h1-3,6-7,16H,4-5,8-14H2,(H2,19,20,22)/t16-/m0/s1. The Bertz CT molecular complexity index is 441. The lowest BCUT2D eigenvalue weighted by Crippen LogP contribution is -2.43. The van der Waals surface area contributed by atoms with Crippen LogP contribution in [-0.2, 0) is 6.54 Å². The van der Waals surface area contributed by atoms with E-state index in [0.29, 0.717) is 12.6 Å². The van der Waals surface area contributed by atoms with Gasteiger partial charge in [0.1, 0.15) is 6.67 Å². The van der Waals surface area contributed by atoms with Crippen LogP contribution in [0.15, 0.2) is 30.3 Å². The van der Waals surface area contributed by atoms with E-state index >= 15 is 0 Å². The summed E-state index contributed by atoms with van der Waals surface area (Å²) in [6, 6.07) is 10.7. The summed E-state index contributed by atoms with van der Waals surface area (Å²) in [5.74, 6) is 0. The zero-order valence-electron chi connectivity index (χ0n) is 13.1. The Kier molecular flexibility index (Phi) is 7.16. The summed E-state index contributed by atoms with van der Waals surface area (Å²) in [5, 5.41) is 5.29. The topological polar surface area (TPSA) is 44.4 Å². The summed E-state index contributed by atoms with van der Waals surface area (Å²) in [6.45, 7) is 2.28. The number of hydrogen-bond donors (Lipinski definition) is 2. The van der Waals surface area contributed by atoms with Crippen LogP contribution in [0.5, 0.6) is 0 Å². The van der Waals surface area contributed by atoms with Crippen molar-refractivity contribution in [3.8, 4) is 0 Å². The van der Waals surface area contributed by atoms with Gasteiger partial charge in [-0.1, -0.05) is 36.8 Å². The minimum atomic E-state index is -0.527. The molecule has 0 aromatic heterocycles. The second-order valence-corrected chi connectivity index (χ2v) is 5.77. The van der Waals surface area contributed by atoms with Crippen LogP contribution in [0.2, 0.25) is 0 Å². The number of halogens is 1. The molecule has 0 saturated carbocycles. The zero-order valence-corrected chi connectivity index (χ0v) is 13.1. The van der Waals surface area contributed by atoms with E-state index in [4.69, 9.17) is 0 Å². The zero-order chi connectivity index (χ0) is 15.6. The van der Waals surface area contributed by atoms with Gasteiger partial charge in [0.15, 0.2) is 0 Å². The van der Waals surface area contributed by atoms with Gasteiger partial charge in [0, 0.05) is 25.7 Å². The van der Waals surface area contributed by atoms with Gasteiger partial charge < -0.3 is 10.6 Å². The molecule has 1 fully saturated rings. The number of amides is 2. The molecule has 2 N–H and O–H groups in total. The van der Waals surface area contributed by atoms with E-state index < -0.39 is 6.67 Å². The van der Waals surface area contributed by atoms with Crippen molar-refractivity contribution in [2.45, 2.75) is 38.3 Å². The molecular weight excluding hydrogens is 281 g/mol. The van der Waals surface area contributed by atoms with E-state index in [9.17, 15) is 9.18 Å². The molecule has 22 heavy (non-hydrogen) atoms. The number of likely N-dealkylation sites (tertiary alicyclic amines) is 1. The molecule has 5 heteroatoms. The average molecular weight is 307 g/mol. The lowest BCUT2D eigenvalue weighted by molar-refractivity contribution is 0.132. The highest BCUT2D eigenvalue weighted by Gasteiger charge is 2.22. The lowest BCUT2D eigenvalue weighted by atomic mass is 9.98. The van der Waals surface area contributed by atoms with Gasteiger partial charge in [-0.2, -0.15) is 0 Å². The lowest BCUT2D eigenvalue weighted by Gasteiger charge is -2.36. The SMILES string of the molecule is O=C(NCCF)NCC[C@@H]1CCCCN1Cc1ccccc1. The number of piperidine rings is 1. The van der Waals surface area contributed by atoms with Crippen molar-refractivity contribution in [3.05, 3.63) is 35.9 Å². The fourth-order valence-corrected chi connectivity index (χ4v) is 2.99. The second kappa shape index (κ2) is 9.41. The minimum absolute atomic E-state index is 0.0788. The number of carbonyl (C=O) groups excluding carboxylic acids is 1. The highest BCUT2D eigenvalue weighted by atomic mass is 19.1. The molecule has 0 bridgehead atoms. The monoisotopic (exact) mass is 307 g/mol. The molecule has 1 aliphatic heterocycles. The van der Waals surface area contributed by atoms with E-state index in [0.717, 1.165) is 19.5 Å². The predicted molar refractivity (Wildman–Crippen MR) is 86.5 cm³/mol. The van der Waals surface area contributed by atoms with Crippen molar-refractivity contribution in [2.75, 3.05) is 26.3 Å². The van der Waals surface area contributed by atoms with Crippen molar-refractivity contribution >= 4 is 6.03 Å². The summed E-state index contributed by atoms with van der Waals surface area (Å²) in [7, 11) is 0. The van der Waals surface area contributed by atoms with Crippen LogP contribution < -0.4 is 10.6 Å². The van der Waals surface area contributed by atoms with Gasteiger partial charge in [-0.3, -0.25) is 4.90 Å². The first kappa shape index (κ1) is 16.7. The number of nitrogens with one attached hydrogen (secondary N) is 2. The third-order valence-electron chi connectivity index (χ3n) is 4.12. The molecule has 0 unspecified atom stereocenters. The molecule has 1 aromatic rings. The number of hydrogen-bond acceptors (Lipinski definition) is 2. The maximum Gasteiger partial charge on any atom is 0.314 e. The number of alkyl halides is 1. The molecular formula is C17H26FN3O.